The molecule has 0 spiro atoms. The molecule has 6 nitrogen and oxygen atoms in total. The molecule has 2 heterocycles. The van der Waals surface area contributed by atoms with Gasteiger partial charge < -0.3 is 15.1 Å². The van der Waals surface area contributed by atoms with Crippen molar-refractivity contribution in [1.29, 1.82) is 0 Å². The Balaban J connectivity index is 1.31. The zero-order chi connectivity index (χ0) is 21.8. The van der Waals surface area contributed by atoms with Gasteiger partial charge in [0, 0.05) is 48.2 Å². The molecule has 0 aromatic heterocycles. The molecule has 4 rings (SSSR count). The Morgan fingerprint density at radius 3 is 2.45 bits per heavy atom. The molecule has 7 heteroatoms. The van der Waals surface area contributed by atoms with Crippen molar-refractivity contribution in [2.24, 2.45) is 11.8 Å². The first kappa shape index (κ1) is 21.4. The average Bonchev–Trinajstić information content (AvgIpc) is 3.21. The molecule has 162 valence electrons. The van der Waals surface area contributed by atoms with Crippen molar-refractivity contribution in [3.05, 3.63) is 54.6 Å². The lowest BCUT2D eigenvalue weighted by Crippen LogP contribution is -2.44. The summed E-state index contributed by atoms with van der Waals surface area (Å²) < 4.78 is 0. The monoisotopic (exact) mass is 437 g/mol. The highest BCUT2D eigenvalue weighted by Crippen LogP contribution is 2.30. The lowest BCUT2D eigenvalue weighted by Gasteiger charge is -2.33. The maximum Gasteiger partial charge on any atom is 0.228 e. The van der Waals surface area contributed by atoms with Crippen molar-refractivity contribution in [3.8, 4) is 0 Å². The molecule has 3 amide bonds. The van der Waals surface area contributed by atoms with Gasteiger partial charge in [-0.1, -0.05) is 24.3 Å². The van der Waals surface area contributed by atoms with E-state index < -0.39 is 0 Å². The number of amides is 3. The van der Waals surface area contributed by atoms with Crippen LogP contribution < -0.4 is 10.2 Å². The van der Waals surface area contributed by atoms with Crippen LogP contribution in [0.1, 0.15) is 19.3 Å². The minimum atomic E-state index is -0.319. The van der Waals surface area contributed by atoms with Crippen molar-refractivity contribution < 1.29 is 14.4 Å². The zero-order valence-electron chi connectivity index (χ0n) is 17.6. The van der Waals surface area contributed by atoms with Gasteiger partial charge in [-0.05, 0) is 49.4 Å². The van der Waals surface area contributed by atoms with Crippen LogP contribution in [0.2, 0.25) is 0 Å². The second kappa shape index (κ2) is 9.56. The Kier molecular flexibility index (Phi) is 6.61. The maximum absolute atomic E-state index is 13.1. The van der Waals surface area contributed by atoms with Crippen LogP contribution >= 0.6 is 11.8 Å². The fourth-order valence-corrected chi connectivity index (χ4v) is 4.74. The molecule has 2 aliphatic heterocycles. The van der Waals surface area contributed by atoms with Gasteiger partial charge in [-0.2, -0.15) is 0 Å². The molecule has 0 unspecified atom stereocenters. The number of thioether (sulfide) groups is 1. The highest BCUT2D eigenvalue weighted by atomic mass is 32.2. The second-order valence-electron chi connectivity index (χ2n) is 8.06. The van der Waals surface area contributed by atoms with Crippen molar-refractivity contribution in [2.45, 2.75) is 24.2 Å². The molecule has 2 aromatic rings. The molecule has 1 N–H and O–H groups in total. The summed E-state index contributed by atoms with van der Waals surface area (Å²) in [6.45, 7) is 1.53. The molecule has 2 aromatic carbocycles. The largest absolute Gasteiger partial charge is 0.342 e. The molecule has 2 fully saturated rings. The lowest BCUT2D eigenvalue weighted by molar-refractivity contribution is -0.138. The smallest absolute Gasteiger partial charge is 0.228 e. The molecule has 2 aliphatic rings. The van der Waals surface area contributed by atoms with Crippen molar-refractivity contribution >= 4 is 40.9 Å². The van der Waals surface area contributed by atoms with Crippen LogP contribution in [0, 0.1) is 11.8 Å². The summed E-state index contributed by atoms with van der Waals surface area (Å²) in [6.07, 6.45) is 3.53. The Hall–Kier alpha value is -2.80. The summed E-state index contributed by atoms with van der Waals surface area (Å²) in [5.41, 5.74) is 1.64. The fourth-order valence-electron chi connectivity index (χ4n) is 4.29. The maximum atomic E-state index is 13.1. The number of anilines is 2. The van der Waals surface area contributed by atoms with Gasteiger partial charge in [0.2, 0.25) is 17.7 Å². The number of hydrogen-bond donors (Lipinski definition) is 1. The van der Waals surface area contributed by atoms with Gasteiger partial charge in [0.1, 0.15) is 0 Å². The Bertz CT molecular complexity index is 958. The van der Waals surface area contributed by atoms with E-state index in [1.165, 1.54) is 0 Å². The van der Waals surface area contributed by atoms with E-state index in [4.69, 9.17) is 0 Å². The van der Waals surface area contributed by atoms with Crippen molar-refractivity contribution in [1.82, 2.24) is 4.90 Å². The van der Waals surface area contributed by atoms with E-state index in [1.807, 2.05) is 65.8 Å². The average molecular weight is 438 g/mol. The summed E-state index contributed by atoms with van der Waals surface area (Å²) in [4.78, 5) is 42.8. The normalized spacial score (nSPS) is 19.5. The third-order valence-electron chi connectivity index (χ3n) is 6.06. The van der Waals surface area contributed by atoms with E-state index >= 15 is 0 Å². The minimum Gasteiger partial charge on any atom is -0.342 e. The summed E-state index contributed by atoms with van der Waals surface area (Å²) in [5, 5.41) is 2.95. The number of carbonyl (C=O) groups excluding carboxylic acids is 3. The number of benzene rings is 2. The number of likely N-dealkylation sites (tertiary alicyclic amines) is 1. The number of nitrogens with one attached hydrogen (secondary N) is 1. The third-order valence-corrected chi connectivity index (χ3v) is 6.78. The van der Waals surface area contributed by atoms with E-state index in [2.05, 4.69) is 5.32 Å². The van der Waals surface area contributed by atoms with Crippen LogP contribution in [0.4, 0.5) is 11.4 Å². The van der Waals surface area contributed by atoms with Gasteiger partial charge in [-0.15, -0.1) is 11.8 Å². The highest BCUT2D eigenvalue weighted by molar-refractivity contribution is 7.98. The number of hydrogen-bond acceptors (Lipinski definition) is 4. The second-order valence-corrected chi connectivity index (χ2v) is 8.94. The van der Waals surface area contributed by atoms with Gasteiger partial charge in [0.25, 0.3) is 0 Å². The molecule has 0 radical (unpaired) electrons. The van der Waals surface area contributed by atoms with Gasteiger partial charge in [0.05, 0.1) is 5.92 Å². The highest BCUT2D eigenvalue weighted by Gasteiger charge is 2.38. The fraction of sp³-hybridized carbons (Fsp3) is 0.375. The molecule has 0 bridgehead atoms. The third kappa shape index (κ3) is 4.93. The molecule has 1 atom stereocenters. The van der Waals surface area contributed by atoms with Crippen LogP contribution in [0.15, 0.2) is 59.5 Å². The first-order valence-electron chi connectivity index (χ1n) is 10.6. The SMILES string of the molecule is CSc1cccc(N2C[C@@H](C(=O)N3CCC(C(=O)Nc4ccccc4)CC3)CC2=O)c1. The molecule has 0 saturated carbocycles. The van der Waals surface area contributed by atoms with E-state index in [0.717, 1.165) is 16.3 Å². The zero-order valence-corrected chi connectivity index (χ0v) is 18.4. The van der Waals surface area contributed by atoms with Crippen LogP contribution in [-0.2, 0) is 14.4 Å². The van der Waals surface area contributed by atoms with Crippen LogP contribution in [0.5, 0.6) is 0 Å². The van der Waals surface area contributed by atoms with Crippen molar-refractivity contribution in [2.75, 3.05) is 36.1 Å². The number of rotatable bonds is 5. The van der Waals surface area contributed by atoms with Crippen molar-refractivity contribution in [3.63, 3.8) is 0 Å². The van der Waals surface area contributed by atoms with Gasteiger partial charge >= 0.3 is 0 Å². The standard InChI is InChI=1S/C24H27N3O3S/c1-31-21-9-5-8-20(15-21)27-16-18(14-22(27)28)24(30)26-12-10-17(11-13-26)23(29)25-19-6-3-2-4-7-19/h2-9,15,17-18H,10-14,16H2,1H3,(H,25,29)/t18-/m0/s1. The van der Waals surface area contributed by atoms with Crippen LogP contribution in [0.3, 0.4) is 0 Å². The summed E-state index contributed by atoms with van der Waals surface area (Å²) in [5.74, 6) is -0.387. The molecular formula is C24H27N3O3S. The first-order valence-corrected chi connectivity index (χ1v) is 11.9. The number of piperidine rings is 1. The van der Waals surface area contributed by atoms with Gasteiger partial charge in [-0.3, -0.25) is 14.4 Å². The molecule has 31 heavy (non-hydrogen) atoms. The molecular weight excluding hydrogens is 410 g/mol. The molecule has 0 aliphatic carbocycles. The topological polar surface area (TPSA) is 69.7 Å². The lowest BCUT2D eigenvalue weighted by atomic mass is 9.94. The summed E-state index contributed by atoms with van der Waals surface area (Å²) in [6, 6.07) is 17.3. The Morgan fingerprint density at radius 1 is 1.00 bits per heavy atom. The van der Waals surface area contributed by atoms with Gasteiger partial charge in [0.15, 0.2) is 0 Å². The van der Waals surface area contributed by atoms with E-state index in [-0.39, 0.29) is 36.0 Å². The van der Waals surface area contributed by atoms with Gasteiger partial charge in [-0.25, -0.2) is 0 Å². The van der Waals surface area contributed by atoms with Crippen LogP contribution in [0.25, 0.3) is 0 Å². The van der Waals surface area contributed by atoms with E-state index in [0.29, 0.717) is 32.5 Å². The number of nitrogens with zero attached hydrogens (tertiary/aromatic N) is 2. The predicted octanol–water partition coefficient (Wildman–Crippen LogP) is 3.64. The minimum absolute atomic E-state index is 0.00581. The van der Waals surface area contributed by atoms with Crippen LogP contribution in [-0.4, -0.2) is 48.5 Å². The quantitative estimate of drug-likeness (QED) is 0.725. The number of para-hydroxylation sites is 1. The number of carbonyl (C=O) groups is 3. The van der Waals surface area contributed by atoms with E-state index in [1.54, 1.807) is 16.7 Å². The summed E-state index contributed by atoms with van der Waals surface area (Å²) >= 11 is 1.63. The predicted molar refractivity (Wildman–Crippen MR) is 123 cm³/mol. The summed E-state index contributed by atoms with van der Waals surface area (Å²) in [7, 11) is 0. The molecule has 2 saturated heterocycles. The first-order chi connectivity index (χ1) is 15.0. The Labute approximate surface area is 187 Å². The Morgan fingerprint density at radius 2 is 1.74 bits per heavy atom. The van der Waals surface area contributed by atoms with E-state index in [9.17, 15) is 14.4 Å².